The third-order valence-electron chi connectivity index (χ3n) is 6.62. The second kappa shape index (κ2) is 10.9. The Hall–Kier alpha value is -4.08. The van der Waals surface area contributed by atoms with Crippen LogP contribution in [-0.2, 0) is 6.54 Å². The summed E-state index contributed by atoms with van der Waals surface area (Å²) in [5.74, 6) is 1.03. The van der Waals surface area contributed by atoms with Crippen molar-refractivity contribution in [2.24, 2.45) is 0 Å². The molecule has 0 spiro atoms. The molecule has 9 nitrogen and oxygen atoms in total. The number of nitrogens with zero attached hydrogens (tertiary/aromatic N) is 6. The number of anilines is 3. The molecule has 2 aromatic heterocycles. The Balaban J connectivity index is 1.23. The largest absolute Gasteiger partial charge is 0.324 e. The average Bonchev–Trinajstić information content (AvgIpc) is 3.44. The topological polar surface area (TPSA) is 91.2 Å². The smallest absolute Gasteiger partial charge is 0.255 e. The van der Waals surface area contributed by atoms with E-state index in [1.54, 1.807) is 29.2 Å². The van der Waals surface area contributed by atoms with Gasteiger partial charge in [0.25, 0.3) is 5.91 Å². The number of amides is 1. The highest BCUT2D eigenvalue weighted by atomic mass is 16.1. The van der Waals surface area contributed by atoms with E-state index in [0.29, 0.717) is 17.3 Å². The van der Waals surface area contributed by atoms with Crippen LogP contribution in [0, 0.1) is 13.8 Å². The molecule has 1 aliphatic heterocycles. The first-order chi connectivity index (χ1) is 17.9. The number of carbonyl (C=O) groups is 1. The maximum Gasteiger partial charge on any atom is 0.255 e. The van der Waals surface area contributed by atoms with Gasteiger partial charge in [0.05, 0.1) is 0 Å². The van der Waals surface area contributed by atoms with Crippen molar-refractivity contribution >= 4 is 23.2 Å². The van der Waals surface area contributed by atoms with Gasteiger partial charge < -0.3 is 15.5 Å². The van der Waals surface area contributed by atoms with E-state index >= 15 is 0 Å². The lowest BCUT2D eigenvalue weighted by molar-refractivity contribution is 0.102. The fraction of sp³-hybridized carbons (Fsp3) is 0.286. The van der Waals surface area contributed by atoms with Gasteiger partial charge in [-0.2, -0.15) is 10.1 Å². The predicted molar refractivity (Wildman–Crippen MR) is 146 cm³/mol. The number of aryl methyl sites for hydroxylation is 2. The number of hydrogen-bond donors (Lipinski definition) is 2. The zero-order valence-electron chi connectivity index (χ0n) is 21.5. The second-order valence-corrected chi connectivity index (χ2v) is 9.54. The van der Waals surface area contributed by atoms with Crippen molar-refractivity contribution in [3.8, 4) is 5.82 Å². The number of rotatable bonds is 7. The molecule has 0 unspecified atom stereocenters. The molecular weight excluding hydrogens is 464 g/mol. The third-order valence-corrected chi connectivity index (χ3v) is 6.62. The first-order valence-electron chi connectivity index (χ1n) is 12.5. The minimum absolute atomic E-state index is 0.140. The lowest BCUT2D eigenvalue weighted by Crippen LogP contribution is -2.43. The molecule has 9 heteroatoms. The van der Waals surface area contributed by atoms with Crippen molar-refractivity contribution in [2.45, 2.75) is 20.4 Å². The maximum atomic E-state index is 13.0. The highest BCUT2D eigenvalue weighted by Crippen LogP contribution is 2.21. The number of carbonyl (C=O) groups excluding carboxylic acids is 1. The molecule has 1 fully saturated rings. The second-order valence-electron chi connectivity index (χ2n) is 9.54. The first-order valence-corrected chi connectivity index (χ1v) is 12.5. The van der Waals surface area contributed by atoms with E-state index in [9.17, 15) is 4.79 Å². The van der Waals surface area contributed by atoms with Gasteiger partial charge in [-0.15, -0.1) is 0 Å². The van der Waals surface area contributed by atoms with Crippen LogP contribution in [0.15, 0.2) is 67.1 Å². The number of aromatic nitrogens is 4. The van der Waals surface area contributed by atoms with E-state index < -0.39 is 0 Å². The average molecular weight is 497 g/mol. The predicted octanol–water partition coefficient (Wildman–Crippen LogP) is 4.02. The molecule has 5 rings (SSSR count). The van der Waals surface area contributed by atoms with Crippen LogP contribution in [0.25, 0.3) is 5.82 Å². The number of benzene rings is 2. The standard InChI is InChI=1S/C28H32N8O/c1-20-5-6-22(19-35-15-13-34(3)14-16-35)17-25(20)32-27(37)23-7-9-24(10-8-23)31-28-29-18-21(2)26(33-28)36-12-4-11-30-36/h4-12,17-18H,13-16,19H2,1-3H3,(H,32,37)(H,29,31,33). The lowest BCUT2D eigenvalue weighted by Gasteiger charge is -2.32. The molecule has 190 valence electrons. The van der Waals surface area contributed by atoms with Crippen LogP contribution >= 0.6 is 0 Å². The van der Waals surface area contributed by atoms with Crippen molar-refractivity contribution in [3.63, 3.8) is 0 Å². The van der Waals surface area contributed by atoms with Crippen molar-refractivity contribution in [2.75, 3.05) is 43.9 Å². The van der Waals surface area contributed by atoms with E-state index in [4.69, 9.17) is 0 Å². The summed E-state index contributed by atoms with van der Waals surface area (Å²) in [6.07, 6.45) is 5.31. The van der Waals surface area contributed by atoms with E-state index in [0.717, 1.165) is 55.2 Å². The third kappa shape index (κ3) is 6.02. The summed E-state index contributed by atoms with van der Waals surface area (Å²) >= 11 is 0. The van der Waals surface area contributed by atoms with Crippen LogP contribution in [0.4, 0.5) is 17.3 Å². The summed E-state index contributed by atoms with van der Waals surface area (Å²) in [5.41, 5.74) is 5.38. The molecule has 0 aliphatic carbocycles. The Morgan fingerprint density at radius 1 is 1.00 bits per heavy atom. The van der Waals surface area contributed by atoms with Crippen LogP contribution in [0.1, 0.15) is 27.0 Å². The van der Waals surface area contributed by atoms with Gasteiger partial charge in [0.2, 0.25) is 5.95 Å². The molecule has 0 saturated carbocycles. The van der Waals surface area contributed by atoms with E-state index in [2.05, 4.69) is 60.7 Å². The molecule has 2 aromatic carbocycles. The van der Waals surface area contributed by atoms with Gasteiger partial charge in [-0.25, -0.2) is 9.67 Å². The van der Waals surface area contributed by atoms with Gasteiger partial charge in [-0.1, -0.05) is 12.1 Å². The quantitative estimate of drug-likeness (QED) is 0.399. The van der Waals surface area contributed by atoms with Gasteiger partial charge in [0, 0.05) is 73.8 Å². The maximum absolute atomic E-state index is 13.0. The molecule has 1 saturated heterocycles. The minimum atomic E-state index is -0.140. The summed E-state index contributed by atoms with van der Waals surface area (Å²) in [7, 11) is 2.16. The Bertz CT molecular complexity index is 1360. The Morgan fingerprint density at radius 2 is 1.78 bits per heavy atom. The Labute approximate surface area is 217 Å². The molecule has 4 aromatic rings. The van der Waals surface area contributed by atoms with Gasteiger partial charge in [-0.3, -0.25) is 9.69 Å². The van der Waals surface area contributed by atoms with Crippen LogP contribution < -0.4 is 10.6 Å². The van der Waals surface area contributed by atoms with Crippen LogP contribution in [0.5, 0.6) is 0 Å². The van der Waals surface area contributed by atoms with Gasteiger partial charge in [0.15, 0.2) is 5.82 Å². The van der Waals surface area contributed by atoms with Crippen LogP contribution in [0.3, 0.4) is 0 Å². The molecule has 1 aliphatic rings. The van der Waals surface area contributed by atoms with E-state index in [1.165, 1.54) is 5.56 Å². The van der Waals surface area contributed by atoms with Crippen LogP contribution in [0.2, 0.25) is 0 Å². The fourth-order valence-electron chi connectivity index (χ4n) is 4.31. The lowest BCUT2D eigenvalue weighted by atomic mass is 10.1. The molecule has 3 heterocycles. The molecule has 0 radical (unpaired) electrons. The van der Waals surface area contributed by atoms with Gasteiger partial charge in [-0.05, 0) is 68.4 Å². The highest BCUT2D eigenvalue weighted by Gasteiger charge is 2.15. The molecule has 0 atom stereocenters. The number of likely N-dealkylation sites (N-methyl/N-ethyl adjacent to an activating group) is 1. The van der Waals surface area contributed by atoms with Gasteiger partial charge >= 0.3 is 0 Å². The SMILES string of the molecule is Cc1ccc(CN2CCN(C)CC2)cc1NC(=O)c1ccc(Nc2ncc(C)c(-n3cccn3)n2)cc1. The van der Waals surface area contributed by atoms with E-state index in [-0.39, 0.29) is 5.91 Å². The monoisotopic (exact) mass is 496 g/mol. The highest BCUT2D eigenvalue weighted by molar-refractivity contribution is 6.04. The van der Waals surface area contributed by atoms with Gasteiger partial charge in [0.1, 0.15) is 0 Å². The number of nitrogens with one attached hydrogen (secondary N) is 2. The van der Waals surface area contributed by atoms with Crippen molar-refractivity contribution < 1.29 is 4.79 Å². The van der Waals surface area contributed by atoms with Crippen molar-refractivity contribution in [3.05, 3.63) is 89.4 Å². The normalized spacial score (nSPS) is 14.5. The Kier molecular flexibility index (Phi) is 7.25. The van der Waals surface area contributed by atoms with Crippen molar-refractivity contribution in [1.82, 2.24) is 29.5 Å². The molecule has 37 heavy (non-hydrogen) atoms. The van der Waals surface area contributed by atoms with E-state index in [1.807, 2.05) is 38.2 Å². The fourth-order valence-corrected chi connectivity index (χ4v) is 4.31. The van der Waals surface area contributed by atoms with Crippen LogP contribution in [-0.4, -0.2) is 68.7 Å². The summed E-state index contributed by atoms with van der Waals surface area (Å²) in [5, 5.41) is 10.5. The number of piperazine rings is 1. The molecule has 2 N–H and O–H groups in total. The molecule has 0 bridgehead atoms. The summed E-state index contributed by atoms with van der Waals surface area (Å²) in [6.45, 7) is 9.14. The summed E-state index contributed by atoms with van der Waals surface area (Å²) < 4.78 is 1.71. The Morgan fingerprint density at radius 3 is 2.51 bits per heavy atom. The molecular formula is C28H32N8O. The first kappa shape index (κ1) is 24.6. The number of hydrogen-bond acceptors (Lipinski definition) is 7. The van der Waals surface area contributed by atoms with Crippen molar-refractivity contribution in [1.29, 1.82) is 0 Å². The summed E-state index contributed by atoms with van der Waals surface area (Å²) in [6, 6.07) is 15.5. The zero-order valence-corrected chi connectivity index (χ0v) is 21.5. The minimum Gasteiger partial charge on any atom is -0.324 e. The summed E-state index contributed by atoms with van der Waals surface area (Å²) in [4.78, 5) is 26.8. The zero-order chi connectivity index (χ0) is 25.8. The molecule has 1 amide bonds.